The number of morpholine rings is 1. The van der Waals surface area contributed by atoms with Crippen molar-refractivity contribution in [1.82, 2.24) is 5.32 Å². The second-order valence-corrected chi connectivity index (χ2v) is 4.69. The molecule has 2 unspecified atom stereocenters. The molecule has 0 aromatic heterocycles. The monoisotopic (exact) mass is 199 g/mol. The van der Waals surface area contributed by atoms with Crippen molar-refractivity contribution in [2.75, 3.05) is 13.1 Å². The van der Waals surface area contributed by atoms with E-state index in [1.54, 1.807) is 0 Å². The molecule has 0 radical (unpaired) electrons. The maximum atomic E-state index is 6.11. The Morgan fingerprint density at radius 1 is 1.36 bits per heavy atom. The van der Waals surface area contributed by atoms with Crippen molar-refractivity contribution < 1.29 is 4.74 Å². The van der Waals surface area contributed by atoms with Gasteiger partial charge in [-0.2, -0.15) is 0 Å². The van der Waals surface area contributed by atoms with Crippen LogP contribution in [0.15, 0.2) is 0 Å². The number of unbranched alkanes of at least 4 members (excludes halogenated alkanes) is 2. The molecule has 2 nitrogen and oxygen atoms in total. The summed E-state index contributed by atoms with van der Waals surface area (Å²) in [6.45, 7) is 8.74. The van der Waals surface area contributed by atoms with Crippen LogP contribution in [-0.2, 0) is 4.74 Å². The minimum absolute atomic E-state index is 0.0914. The Kier molecular flexibility index (Phi) is 4.90. The molecule has 0 aliphatic carbocycles. The maximum absolute atomic E-state index is 6.11. The molecule has 1 fully saturated rings. The van der Waals surface area contributed by atoms with Crippen LogP contribution in [0.25, 0.3) is 0 Å². The summed E-state index contributed by atoms with van der Waals surface area (Å²) in [7, 11) is 0. The molecule has 84 valence electrons. The molecule has 1 rings (SSSR count). The Hall–Kier alpha value is -0.0800. The van der Waals surface area contributed by atoms with E-state index < -0.39 is 0 Å². The lowest BCUT2D eigenvalue weighted by molar-refractivity contribution is -0.111. The lowest BCUT2D eigenvalue weighted by Crippen LogP contribution is -2.51. The Bertz CT molecular complexity index is 160. The van der Waals surface area contributed by atoms with Crippen LogP contribution in [-0.4, -0.2) is 24.8 Å². The van der Waals surface area contributed by atoms with E-state index >= 15 is 0 Å². The molecule has 1 N–H and O–H groups in total. The summed E-state index contributed by atoms with van der Waals surface area (Å²) in [6, 6.07) is 0. The number of hydrogen-bond acceptors (Lipinski definition) is 2. The van der Waals surface area contributed by atoms with Gasteiger partial charge in [-0.25, -0.2) is 0 Å². The normalized spacial score (nSPS) is 33.2. The minimum Gasteiger partial charge on any atom is -0.369 e. The highest BCUT2D eigenvalue weighted by molar-refractivity contribution is 4.84. The predicted octanol–water partition coefficient (Wildman–Crippen LogP) is 2.72. The Labute approximate surface area is 88.4 Å². The van der Waals surface area contributed by atoms with E-state index in [4.69, 9.17) is 4.74 Å². The summed E-state index contributed by atoms with van der Waals surface area (Å²) in [5.41, 5.74) is 0.0914. The summed E-state index contributed by atoms with van der Waals surface area (Å²) < 4.78 is 6.11. The molecule has 0 aromatic rings. The molecule has 0 spiro atoms. The summed E-state index contributed by atoms with van der Waals surface area (Å²) in [5.74, 6) is 0. The second-order valence-electron chi connectivity index (χ2n) is 4.69. The van der Waals surface area contributed by atoms with E-state index in [1.807, 2.05) is 0 Å². The molecule has 2 heteroatoms. The number of hydrogen-bond donors (Lipinski definition) is 1. The van der Waals surface area contributed by atoms with Crippen molar-refractivity contribution in [2.24, 2.45) is 0 Å². The molecular formula is C12H25NO. The minimum atomic E-state index is 0.0914. The van der Waals surface area contributed by atoms with Crippen molar-refractivity contribution >= 4 is 0 Å². The van der Waals surface area contributed by atoms with Crippen LogP contribution in [0.3, 0.4) is 0 Å². The van der Waals surface area contributed by atoms with E-state index in [0.717, 1.165) is 19.5 Å². The van der Waals surface area contributed by atoms with Gasteiger partial charge in [0, 0.05) is 13.1 Å². The molecular weight excluding hydrogens is 174 g/mol. The van der Waals surface area contributed by atoms with Gasteiger partial charge in [-0.15, -0.1) is 0 Å². The van der Waals surface area contributed by atoms with Crippen molar-refractivity contribution in [3.63, 3.8) is 0 Å². The quantitative estimate of drug-likeness (QED) is 0.687. The largest absolute Gasteiger partial charge is 0.369 e. The summed E-state index contributed by atoms with van der Waals surface area (Å²) >= 11 is 0. The van der Waals surface area contributed by atoms with E-state index in [1.165, 1.54) is 25.7 Å². The van der Waals surface area contributed by atoms with E-state index in [-0.39, 0.29) is 5.60 Å². The highest BCUT2D eigenvalue weighted by Crippen LogP contribution is 2.24. The van der Waals surface area contributed by atoms with Gasteiger partial charge in [-0.1, -0.05) is 33.1 Å². The second kappa shape index (κ2) is 5.72. The van der Waals surface area contributed by atoms with Gasteiger partial charge in [0.2, 0.25) is 0 Å². The van der Waals surface area contributed by atoms with Gasteiger partial charge in [0.25, 0.3) is 0 Å². The summed E-state index contributed by atoms with van der Waals surface area (Å²) in [6.07, 6.45) is 6.66. The molecule has 1 aliphatic heterocycles. The fourth-order valence-electron chi connectivity index (χ4n) is 2.11. The molecule has 1 saturated heterocycles. The topological polar surface area (TPSA) is 21.3 Å². The van der Waals surface area contributed by atoms with Crippen LogP contribution >= 0.6 is 0 Å². The molecule has 1 aliphatic rings. The van der Waals surface area contributed by atoms with Crippen LogP contribution < -0.4 is 5.32 Å². The number of rotatable bonds is 5. The highest BCUT2D eigenvalue weighted by Gasteiger charge is 2.31. The molecule has 14 heavy (non-hydrogen) atoms. The lowest BCUT2D eigenvalue weighted by Gasteiger charge is -2.39. The van der Waals surface area contributed by atoms with Crippen LogP contribution in [0.2, 0.25) is 0 Å². The Morgan fingerprint density at radius 2 is 2.14 bits per heavy atom. The van der Waals surface area contributed by atoms with Gasteiger partial charge in [0.05, 0.1) is 11.7 Å². The first-order chi connectivity index (χ1) is 6.70. The zero-order valence-corrected chi connectivity index (χ0v) is 9.94. The molecule has 2 atom stereocenters. The van der Waals surface area contributed by atoms with Gasteiger partial charge in [-0.3, -0.25) is 0 Å². The number of ether oxygens (including phenoxy) is 1. The zero-order valence-electron chi connectivity index (χ0n) is 9.94. The van der Waals surface area contributed by atoms with E-state index in [9.17, 15) is 0 Å². The predicted molar refractivity (Wildman–Crippen MR) is 60.6 cm³/mol. The summed E-state index contributed by atoms with van der Waals surface area (Å²) in [5, 5.41) is 3.48. The molecule has 0 saturated carbocycles. The Balaban J connectivity index is 2.31. The first-order valence-corrected chi connectivity index (χ1v) is 6.08. The standard InChI is InChI=1S/C12H25NO/c1-4-6-7-8-12(3)10-13-9-11(5-2)14-12/h11,13H,4-10H2,1-3H3. The fourth-order valence-corrected chi connectivity index (χ4v) is 2.11. The average Bonchev–Trinajstić information content (AvgIpc) is 2.18. The molecule has 0 aromatic carbocycles. The molecule has 0 bridgehead atoms. The third-order valence-corrected chi connectivity index (χ3v) is 3.09. The van der Waals surface area contributed by atoms with Crippen LogP contribution in [0.1, 0.15) is 52.9 Å². The zero-order chi connectivity index (χ0) is 10.4. The maximum Gasteiger partial charge on any atom is 0.0782 e. The van der Waals surface area contributed by atoms with Gasteiger partial charge >= 0.3 is 0 Å². The first-order valence-electron chi connectivity index (χ1n) is 6.08. The van der Waals surface area contributed by atoms with Crippen LogP contribution in [0.5, 0.6) is 0 Å². The third-order valence-electron chi connectivity index (χ3n) is 3.09. The third kappa shape index (κ3) is 3.58. The highest BCUT2D eigenvalue weighted by atomic mass is 16.5. The smallest absolute Gasteiger partial charge is 0.0782 e. The summed E-state index contributed by atoms with van der Waals surface area (Å²) in [4.78, 5) is 0. The average molecular weight is 199 g/mol. The van der Waals surface area contributed by atoms with Crippen molar-refractivity contribution in [3.8, 4) is 0 Å². The van der Waals surface area contributed by atoms with Crippen LogP contribution in [0.4, 0.5) is 0 Å². The van der Waals surface area contributed by atoms with E-state index in [2.05, 4.69) is 26.1 Å². The van der Waals surface area contributed by atoms with Gasteiger partial charge in [0.15, 0.2) is 0 Å². The van der Waals surface area contributed by atoms with Gasteiger partial charge < -0.3 is 10.1 Å². The van der Waals surface area contributed by atoms with E-state index in [0.29, 0.717) is 6.10 Å². The fraction of sp³-hybridized carbons (Fsp3) is 1.00. The van der Waals surface area contributed by atoms with Crippen molar-refractivity contribution in [1.29, 1.82) is 0 Å². The molecule has 0 amide bonds. The first kappa shape index (κ1) is 12.0. The number of nitrogens with one attached hydrogen (secondary N) is 1. The van der Waals surface area contributed by atoms with Gasteiger partial charge in [-0.05, 0) is 19.8 Å². The Morgan fingerprint density at radius 3 is 2.79 bits per heavy atom. The van der Waals surface area contributed by atoms with Gasteiger partial charge in [0.1, 0.15) is 0 Å². The van der Waals surface area contributed by atoms with Crippen molar-refractivity contribution in [3.05, 3.63) is 0 Å². The van der Waals surface area contributed by atoms with Crippen molar-refractivity contribution in [2.45, 2.75) is 64.6 Å². The van der Waals surface area contributed by atoms with Crippen LogP contribution in [0, 0.1) is 0 Å². The molecule has 1 heterocycles. The lowest BCUT2D eigenvalue weighted by atomic mass is 9.95. The SMILES string of the molecule is CCCCCC1(C)CNCC(CC)O1.